The predicted octanol–water partition coefficient (Wildman–Crippen LogP) is 1.87. The van der Waals surface area contributed by atoms with E-state index in [0.29, 0.717) is 10.6 Å². The van der Waals surface area contributed by atoms with Crippen molar-refractivity contribution >= 4 is 29.4 Å². The maximum atomic E-state index is 11.9. The lowest BCUT2D eigenvalue weighted by atomic mass is 10.1. The number of nitrogens with zero attached hydrogens (tertiary/aromatic N) is 2. The van der Waals surface area contributed by atoms with E-state index in [4.69, 9.17) is 0 Å². The Morgan fingerprint density at radius 1 is 1.12 bits per heavy atom. The quantitative estimate of drug-likeness (QED) is 0.534. The Balaban J connectivity index is 1.54. The molecule has 1 aromatic heterocycles. The van der Waals surface area contributed by atoms with Crippen LogP contribution in [0.1, 0.15) is 20.9 Å². The van der Waals surface area contributed by atoms with Crippen LogP contribution < -0.4 is 10.5 Å². The van der Waals surface area contributed by atoms with Crippen LogP contribution in [0.2, 0.25) is 0 Å². The molecule has 130 valence electrons. The molecule has 0 unspecified atom stereocenters. The number of hydrogen-bond donors (Lipinski definition) is 1. The molecule has 3 aromatic rings. The molecule has 0 radical (unpaired) electrons. The van der Waals surface area contributed by atoms with Gasteiger partial charge in [0.05, 0.1) is 24.3 Å². The Morgan fingerprint density at radius 3 is 2.54 bits per heavy atom. The highest BCUT2D eigenvalue weighted by molar-refractivity contribution is 7.10. The highest BCUT2D eigenvalue weighted by Crippen LogP contribution is 2.21. The van der Waals surface area contributed by atoms with Crippen LogP contribution in [0, 0.1) is 0 Å². The van der Waals surface area contributed by atoms with E-state index in [2.05, 4.69) is 15.5 Å². The van der Waals surface area contributed by atoms with Crippen LogP contribution in [0.3, 0.4) is 0 Å². The number of carbonyl (C=O) groups is 2. The van der Waals surface area contributed by atoms with Gasteiger partial charge in [0.2, 0.25) is 5.91 Å². The van der Waals surface area contributed by atoms with Crippen molar-refractivity contribution in [1.82, 2.24) is 10.4 Å². The van der Waals surface area contributed by atoms with Gasteiger partial charge in [-0.2, -0.15) is 5.10 Å². The first kappa shape index (κ1) is 17.5. The highest BCUT2D eigenvalue weighted by atomic mass is 32.1. The molecule has 6 nitrogen and oxygen atoms in total. The summed E-state index contributed by atoms with van der Waals surface area (Å²) in [5.74, 6) is -1.51. The van der Waals surface area contributed by atoms with Crippen LogP contribution in [0.5, 0.6) is 0 Å². The number of rotatable bonds is 6. The molecule has 0 bridgehead atoms. The average Bonchev–Trinajstić information content (AvgIpc) is 3.11. The Morgan fingerprint density at radius 2 is 1.85 bits per heavy atom. The summed E-state index contributed by atoms with van der Waals surface area (Å²) in [5.41, 5.74) is 5.03. The van der Waals surface area contributed by atoms with E-state index >= 15 is 0 Å². The lowest BCUT2D eigenvalue weighted by molar-refractivity contribution is -0.255. The Kier molecular flexibility index (Phi) is 5.50. The molecule has 0 saturated heterocycles. The molecule has 0 aliphatic carbocycles. The second-order valence-electron chi connectivity index (χ2n) is 5.37. The largest absolute Gasteiger partial charge is 0.545 e. The Bertz CT molecular complexity index is 934. The summed E-state index contributed by atoms with van der Waals surface area (Å²) < 4.78 is 0. The van der Waals surface area contributed by atoms with Gasteiger partial charge in [0.15, 0.2) is 0 Å². The first-order valence-corrected chi connectivity index (χ1v) is 8.63. The number of aromatic carboxylic acids is 1. The van der Waals surface area contributed by atoms with Crippen LogP contribution in [0.4, 0.5) is 0 Å². The molecular formula is C19H14N3O3S-. The number of amides is 1. The minimum atomic E-state index is -1.24. The van der Waals surface area contributed by atoms with E-state index in [-0.39, 0.29) is 17.9 Å². The standard InChI is InChI=1S/C19H15N3O3S/c23-17(22-20-11-13-6-8-15(9-7-13)19(24)25)10-18-21-16(12-26-18)14-4-2-1-3-5-14/h1-9,11-12H,10H2,(H,22,23)(H,24,25)/p-1/b20-11-. The molecule has 0 aliphatic heterocycles. The van der Waals surface area contributed by atoms with E-state index in [9.17, 15) is 14.7 Å². The monoisotopic (exact) mass is 364 g/mol. The van der Waals surface area contributed by atoms with Gasteiger partial charge in [-0.3, -0.25) is 4.79 Å². The van der Waals surface area contributed by atoms with Crippen molar-refractivity contribution in [3.63, 3.8) is 0 Å². The fourth-order valence-corrected chi connectivity index (χ4v) is 3.00. The lowest BCUT2D eigenvalue weighted by Crippen LogP contribution is -2.22. The van der Waals surface area contributed by atoms with Gasteiger partial charge in [-0.05, 0) is 11.1 Å². The summed E-state index contributed by atoms with van der Waals surface area (Å²) in [7, 11) is 0. The third-order valence-corrected chi connectivity index (χ3v) is 4.33. The summed E-state index contributed by atoms with van der Waals surface area (Å²) in [6, 6.07) is 15.7. The van der Waals surface area contributed by atoms with Crippen LogP contribution in [-0.4, -0.2) is 23.1 Å². The first-order chi connectivity index (χ1) is 12.6. The fourth-order valence-electron chi connectivity index (χ4n) is 2.19. The van der Waals surface area contributed by atoms with Gasteiger partial charge < -0.3 is 9.90 Å². The highest BCUT2D eigenvalue weighted by Gasteiger charge is 2.08. The zero-order valence-electron chi connectivity index (χ0n) is 13.6. The second kappa shape index (κ2) is 8.17. The number of carbonyl (C=O) groups excluding carboxylic acids is 2. The second-order valence-corrected chi connectivity index (χ2v) is 6.31. The normalized spacial score (nSPS) is 10.8. The smallest absolute Gasteiger partial charge is 0.246 e. The summed E-state index contributed by atoms with van der Waals surface area (Å²) in [6.07, 6.45) is 1.58. The van der Waals surface area contributed by atoms with E-state index in [1.54, 1.807) is 12.1 Å². The topological polar surface area (TPSA) is 94.5 Å². The average molecular weight is 364 g/mol. The molecule has 3 rings (SSSR count). The van der Waals surface area contributed by atoms with Gasteiger partial charge >= 0.3 is 0 Å². The lowest BCUT2D eigenvalue weighted by Gasteiger charge is -2.01. The van der Waals surface area contributed by atoms with Crippen molar-refractivity contribution < 1.29 is 14.7 Å². The van der Waals surface area contributed by atoms with Crippen LogP contribution in [0.15, 0.2) is 65.1 Å². The molecule has 1 N–H and O–H groups in total. The first-order valence-electron chi connectivity index (χ1n) is 7.75. The number of benzene rings is 2. The maximum Gasteiger partial charge on any atom is 0.246 e. The van der Waals surface area contributed by atoms with Crippen LogP contribution in [-0.2, 0) is 11.2 Å². The molecule has 1 amide bonds. The van der Waals surface area contributed by atoms with Gasteiger partial charge in [-0.25, -0.2) is 10.4 Å². The molecule has 0 atom stereocenters. The molecule has 0 saturated carbocycles. The van der Waals surface area contributed by atoms with Crippen molar-refractivity contribution in [2.24, 2.45) is 5.10 Å². The van der Waals surface area contributed by atoms with Gasteiger partial charge in [0, 0.05) is 10.9 Å². The van der Waals surface area contributed by atoms with Crippen LogP contribution >= 0.6 is 11.3 Å². The van der Waals surface area contributed by atoms with Crippen molar-refractivity contribution in [3.05, 3.63) is 76.1 Å². The predicted molar refractivity (Wildman–Crippen MR) is 97.8 cm³/mol. The van der Waals surface area contributed by atoms with E-state index in [1.165, 1.54) is 29.7 Å². The molecule has 1 heterocycles. The molecule has 2 aromatic carbocycles. The summed E-state index contributed by atoms with van der Waals surface area (Å²) in [6.45, 7) is 0. The van der Waals surface area contributed by atoms with E-state index < -0.39 is 5.97 Å². The minimum Gasteiger partial charge on any atom is -0.545 e. The summed E-state index contributed by atoms with van der Waals surface area (Å²) in [4.78, 5) is 27.1. The molecule has 0 fully saturated rings. The van der Waals surface area contributed by atoms with Crippen LogP contribution in [0.25, 0.3) is 11.3 Å². The van der Waals surface area contributed by atoms with E-state index in [1.807, 2.05) is 35.7 Å². The van der Waals surface area contributed by atoms with Gasteiger partial charge in [-0.1, -0.05) is 54.6 Å². The van der Waals surface area contributed by atoms with Crippen molar-refractivity contribution in [3.8, 4) is 11.3 Å². The number of thiazole rings is 1. The number of carboxylic acids is 1. The van der Waals surface area contributed by atoms with Crippen molar-refractivity contribution in [2.45, 2.75) is 6.42 Å². The number of hydrogen-bond acceptors (Lipinski definition) is 6. The minimum absolute atomic E-state index is 0.0872. The summed E-state index contributed by atoms with van der Waals surface area (Å²) >= 11 is 1.42. The fraction of sp³-hybridized carbons (Fsp3) is 0.0526. The number of aromatic nitrogens is 1. The molecule has 0 aliphatic rings. The molecule has 7 heteroatoms. The Labute approximate surface area is 153 Å². The van der Waals surface area contributed by atoms with Gasteiger partial charge in [-0.15, -0.1) is 11.3 Å². The SMILES string of the molecule is O=C(Cc1nc(-c2ccccc2)cs1)N/N=C\c1ccc(C(=O)[O-])cc1. The molecular weight excluding hydrogens is 350 g/mol. The van der Waals surface area contributed by atoms with E-state index in [0.717, 1.165) is 11.3 Å². The van der Waals surface area contributed by atoms with Crippen molar-refractivity contribution in [2.75, 3.05) is 0 Å². The molecule has 26 heavy (non-hydrogen) atoms. The third-order valence-electron chi connectivity index (χ3n) is 3.48. The van der Waals surface area contributed by atoms with Gasteiger partial charge in [0.1, 0.15) is 5.01 Å². The number of hydrazone groups is 1. The third kappa shape index (κ3) is 4.61. The zero-order valence-corrected chi connectivity index (χ0v) is 14.4. The number of nitrogens with one attached hydrogen (secondary N) is 1. The maximum absolute atomic E-state index is 11.9. The van der Waals surface area contributed by atoms with Gasteiger partial charge in [0.25, 0.3) is 0 Å². The number of carboxylic acid groups (broad SMARTS) is 1. The van der Waals surface area contributed by atoms with Crippen molar-refractivity contribution in [1.29, 1.82) is 0 Å². The molecule has 0 spiro atoms. The summed E-state index contributed by atoms with van der Waals surface area (Å²) in [5, 5.41) is 17.2. The zero-order chi connectivity index (χ0) is 18.4. The Hall–Kier alpha value is -3.32.